The predicted molar refractivity (Wildman–Crippen MR) is 223 cm³/mol. The third-order valence-electron chi connectivity index (χ3n) is 8.55. The van der Waals surface area contributed by atoms with Crippen molar-refractivity contribution in [1.29, 1.82) is 0 Å². The summed E-state index contributed by atoms with van der Waals surface area (Å²) in [6.45, 7) is 22.9. The van der Waals surface area contributed by atoms with Gasteiger partial charge in [0.1, 0.15) is 35.9 Å². The Morgan fingerprint density at radius 2 is 1.59 bits per heavy atom. The maximum Gasteiger partial charge on any atom is 0.411 e. The minimum Gasteiger partial charge on any atom is -0.460 e. The molecule has 0 aromatic carbocycles. The van der Waals surface area contributed by atoms with Gasteiger partial charge in [0.2, 0.25) is 0 Å². The molecule has 1 aliphatic carbocycles. The number of H-pyrrole nitrogens is 1. The first kappa shape index (κ1) is 51.7. The Bertz CT molecular complexity index is 1620. The number of likely N-dealkylation sites (N-methyl/N-ethyl adjacent to an activating group) is 1. The highest BCUT2D eigenvalue weighted by Gasteiger charge is 2.43. The quantitative estimate of drug-likeness (QED) is 0.0714. The fraction of sp³-hybridized carbons (Fsp3) is 0.707. The minimum atomic E-state index is -1.50. The molecule has 3 unspecified atom stereocenters. The molecule has 330 valence electrons. The number of likely N-dealkylation sites (tertiary alicyclic amines) is 1. The van der Waals surface area contributed by atoms with Crippen molar-refractivity contribution < 1.29 is 48.3 Å². The van der Waals surface area contributed by atoms with Crippen LogP contribution in [0.1, 0.15) is 134 Å². The average Bonchev–Trinajstić information content (AvgIpc) is 3.73. The van der Waals surface area contributed by atoms with Gasteiger partial charge in [-0.15, -0.1) is 0 Å². The number of carbonyl (C=O) groups is 4. The van der Waals surface area contributed by atoms with E-state index in [1.54, 1.807) is 65.8 Å². The molecule has 58 heavy (non-hydrogen) atoms. The molecule has 4 rings (SSSR count). The number of carbonyl (C=O) groups excluding carboxylic acids is 4. The molecular weight excluding hydrogens is 750 g/mol. The van der Waals surface area contributed by atoms with Gasteiger partial charge in [-0.2, -0.15) is 0 Å². The molecule has 1 fully saturated rings. The summed E-state index contributed by atoms with van der Waals surface area (Å²) in [5.74, 6) is -1.73. The number of aldehydes is 1. The number of nitrogens with two attached hydrogens (primary N) is 1. The van der Waals surface area contributed by atoms with Crippen LogP contribution in [0.15, 0.2) is 24.2 Å². The van der Waals surface area contributed by atoms with E-state index in [9.17, 15) is 14.4 Å². The standard InChI is InChI=1S/C34H53N7O7.C3H8O2.C2H4O.C2H6/c1-10-21(11-2)46-25-15-19(14-23(27(25)36-9)40-31(43)47-33(3,4)5)30(42)45-17-20-12-13-24(41(20)32(44)48-34(6,7)8)22-16-37-28-26(22)38-18-39-29(28)35;1-3(2,4)5;1-2-3;1-2/h15-16,18,20-21,23-25,27,36-37H,10-14,17H2,1-9H3,(H,40,43)(H2,35,38,39);4-5H,1-2H3;2H,1H3;1-2H3/t20?,23-,24?,25+,27?;;;/m0.../s1. The number of aromatic nitrogens is 3. The molecule has 1 aliphatic heterocycles. The van der Waals surface area contributed by atoms with Crippen LogP contribution in [-0.2, 0) is 28.5 Å². The van der Waals surface area contributed by atoms with E-state index in [1.807, 2.05) is 27.7 Å². The molecular formula is C41H71N7O10. The second-order valence-electron chi connectivity index (χ2n) is 16.2. The Hall–Kier alpha value is -4.32. The van der Waals surface area contributed by atoms with Crippen LogP contribution in [0, 0.1) is 0 Å². The number of hydrogen-bond acceptors (Lipinski definition) is 14. The van der Waals surface area contributed by atoms with Crippen molar-refractivity contribution in [2.45, 2.75) is 175 Å². The van der Waals surface area contributed by atoms with Crippen molar-refractivity contribution >= 4 is 41.3 Å². The van der Waals surface area contributed by atoms with E-state index >= 15 is 0 Å². The fourth-order valence-electron chi connectivity index (χ4n) is 6.35. The van der Waals surface area contributed by atoms with E-state index in [1.165, 1.54) is 27.1 Å². The summed E-state index contributed by atoms with van der Waals surface area (Å²) in [4.78, 5) is 62.3. The van der Waals surface area contributed by atoms with Crippen molar-refractivity contribution in [2.75, 3.05) is 19.4 Å². The van der Waals surface area contributed by atoms with E-state index in [-0.39, 0.29) is 25.2 Å². The van der Waals surface area contributed by atoms with Crippen molar-refractivity contribution in [3.05, 3.63) is 29.7 Å². The second-order valence-corrected chi connectivity index (χ2v) is 16.2. The molecule has 0 spiro atoms. The lowest BCUT2D eigenvalue weighted by Gasteiger charge is -2.38. The van der Waals surface area contributed by atoms with Crippen LogP contribution in [0.5, 0.6) is 0 Å². The van der Waals surface area contributed by atoms with Crippen LogP contribution in [0.2, 0.25) is 0 Å². The third-order valence-corrected chi connectivity index (χ3v) is 8.55. The van der Waals surface area contributed by atoms with E-state index in [0.717, 1.165) is 24.7 Å². The SMILES string of the molecule is CC.CC(C)(O)O.CC=O.CCC(CC)O[C@@H]1C=C(C(=O)OCC2CCC(c3c[nH]c4c(N)ncnc34)N2C(=O)OC(C)(C)C)C[C@H](NC(=O)OC(C)(C)C)C1NC. The van der Waals surface area contributed by atoms with Gasteiger partial charge in [0.05, 0.1) is 41.9 Å². The van der Waals surface area contributed by atoms with Crippen molar-refractivity contribution in [3.63, 3.8) is 0 Å². The lowest BCUT2D eigenvalue weighted by molar-refractivity contribution is -0.141. The molecule has 2 aliphatic rings. The molecule has 2 aromatic rings. The molecule has 17 heteroatoms. The number of nitrogens with zero attached hydrogens (tertiary/aromatic N) is 3. The van der Waals surface area contributed by atoms with Gasteiger partial charge in [-0.05, 0) is 101 Å². The summed E-state index contributed by atoms with van der Waals surface area (Å²) in [5, 5.41) is 22.4. The van der Waals surface area contributed by atoms with Gasteiger partial charge in [0.25, 0.3) is 0 Å². The van der Waals surface area contributed by atoms with Gasteiger partial charge in [-0.25, -0.2) is 24.4 Å². The summed E-state index contributed by atoms with van der Waals surface area (Å²) < 4.78 is 23.7. The summed E-state index contributed by atoms with van der Waals surface area (Å²) in [6.07, 6.45) is 7.00. The largest absolute Gasteiger partial charge is 0.460 e. The van der Waals surface area contributed by atoms with Gasteiger partial charge in [0, 0.05) is 23.8 Å². The van der Waals surface area contributed by atoms with Gasteiger partial charge in [0.15, 0.2) is 11.6 Å². The highest BCUT2D eigenvalue weighted by atomic mass is 16.6. The fourth-order valence-corrected chi connectivity index (χ4v) is 6.35. The first-order valence-corrected chi connectivity index (χ1v) is 20.1. The van der Waals surface area contributed by atoms with Crippen LogP contribution in [-0.4, -0.2) is 115 Å². The van der Waals surface area contributed by atoms with E-state index < -0.39 is 59.4 Å². The number of nitrogen functional groups attached to an aromatic ring is 1. The van der Waals surface area contributed by atoms with Gasteiger partial charge in [-0.1, -0.05) is 27.7 Å². The smallest absolute Gasteiger partial charge is 0.411 e. The summed E-state index contributed by atoms with van der Waals surface area (Å²) >= 11 is 0. The predicted octanol–water partition coefficient (Wildman–Crippen LogP) is 5.85. The highest BCUT2D eigenvalue weighted by Crippen LogP contribution is 2.40. The molecule has 2 aromatic heterocycles. The van der Waals surface area contributed by atoms with Gasteiger partial charge >= 0.3 is 18.2 Å². The first-order valence-electron chi connectivity index (χ1n) is 20.1. The van der Waals surface area contributed by atoms with Crippen LogP contribution in [0.25, 0.3) is 11.0 Å². The zero-order chi connectivity index (χ0) is 44.6. The number of rotatable bonds is 10. The average molecular weight is 822 g/mol. The van der Waals surface area contributed by atoms with Gasteiger partial charge < -0.3 is 55.3 Å². The highest BCUT2D eigenvalue weighted by molar-refractivity contribution is 5.89. The summed E-state index contributed by atoms with van der Waals surface area (Å²) in [6, 6.07) is -1.68. The number of aromatic amines is 1. The zero-order valence-corrected chi connectivity index (χ0v) is 37.1. The molecule has 0 bridgehead atoms. The Balaban J connectivity index is 0.00000152. The number of esters is 1. The van der Waals surface area contributed by atoms with Crippen molar-refractivity contribution in [3.8, 4) is 0 Å². The monoisotopic (exact) mass is 822 g/mol. The Labute approximate surface area is 344 Å². The second kappa shape index (κ2) is 23.3. The Morgan fingerprint density at radius 1 is 1.02 bits per heavy atom. The number of nitrogens with one attached hydrogen (secondary N) is 3. The van der Waals surface area contributed by atoms with Crippen LogP contribution < -0.4 is 16.4 Å². The number of hydrogen-bond donors (Lipinski definition) is 6. The van der Waals surface area contributed by atoms with Crippen LogP contribution in [0.4, 0.5) is 15.4 Å². The normalized spacial score (nSPS) is 20.6. The molecule has 5 atom stereocenters. The van der Waals surface area contributed by atoms with Gasteiger partial charge in [-0.3, -0.25) is 4.90 Å². The van der Waals surface area contributed by atoms with Crippen molar-refractivity contribution in [1.82, 2.24) is 30.5 Å². The molecule has 2 amide bonds. The van der Waals surface area contributed by atoms with Crippen molar-refractivity contribution in [2.24, 2.45) is 0 Å². The maximum atomic E-state index is 13.7. The van der Waals surface area contributed by atoms with E-state index in [0.29, 0.717) is 35.3 Å². The topological polar surface area (TPSA) is 241 Å². The molecule has 17 nitrogen and oxygen atoms in total. The van der Waals surface area contributed by atoms with E-state index in [4.69, 9.17) is 39.7 Å². The zero-order valence-electron chi connectivity index (χ0n) is 37.1. The number of aliphatic hydroxyl groups is 2. The molecule has 0 saturated carbocycles. The van der Waals surface area contributed by atoms with E-state index in [2.05, 4.69) is 25.6 Å². The first-order chi connectivity index (χ1) is 27.0. The number of fused-ring (bicyclic) bond motifs is 1. The number of amides is 2. The summed E-state index contributed by atoms with van der Waals surface area (Å²) in [5.41, 5.74) is 7.00. The van der Waals surface area contributed by atoms with Crippen LogP contribution >= 0.6 is 0 Å². The molecule has 3 heterocycles. The number of alkyl carbamates (subject to hydrolysis) is 1. The third kappa shape index (κ3) is 16.9. The number of anilines is 1. The lowest BCUT2D eigenvalue weighted by Crippen LogP contribution is -2.58. The van der Waals surface area contributed by atoms with Crippen LogP contribution in [0.3, 0.4) is 0 Å². The molecule has 0 radical (unpaired) electrons. The lowest BCUT2D eigenvalue weighted by atomic mass is 9.87. The number of ether oxygens (including phenoxy) is 4. The molecule has 7 N–H and O–H groups in total. The summed E-state index contributed by atoms with van der Waals surface area (Å²) in [7, 11) is 1.80. The Kier molecular flexibility index (Phi) is 20.8. The molecule has 1 saturated heterocycles. The Morgan fingerprint density at radius 3 is 2.10 bits per heavy atom. The maximum absolute atomic E-state index is 13.7. The minimum absolute atomic E-state index is 0.0393.